The monoisotopic (exact) mass is 205 g/mol. The first-order valence-electron chi connectivity index (χ1n) is 5.27. The third-order valence-electron chi connectivity index (χ3n) is 2.77. The van der Waals surface area contributed by atoms with Crippen LogP contribution in [0.25, 0.3) is 0 Å². The Hall–Kier alpha value is -1.35. The van der Waals surface area contributed by atoms with E-state index in [2.05, 4.69) is 5.32 Å². The van der Waals surface area contributed by atoms with Gasteiger partial charge in [0.05, 0.1) is 6.10 Å². The van der Waals surface area contributed by atoms with Crippen LogP contribution in [0.1, 0.15) is 40.9 Å². The topological polar surface area (TPSA) is 49.3 Å². The van der Waals surface area contributed by atoms with Crippen molar-refractivity contribution < 1.29 is 9.90 Å². The second-order valence-electron chi connectivity index (χ2n) is 3.95. The lowest BCUT2D eigenvalue weighted by Crippen LogP contribution is -2.22. The zero-order valence-electron chi connectivity index (χ0n) is 8.79. The van der Waals surface area contributed by atoms with E-state index >= 15 is 0 Å². The summed E-state index contributed by atoms with van der Waals surface area (Å²) in [4.78, 5) is 11.7. The standard InChI is InChI=1S/C12H15NO2/c1-8(14)10-5-4-9-3-2-6-13-12(15)11(9)7-10/h4-5,7-8,14H,2-3,6H2,1H3,(H,13,15)/t8-/m1/s1. The summed E-state index contributed by atoms with van der Waals surface area (Å²) in [5, 5.41) is 12.3. The molecule has 1 aliphatic rings. The van der Waals surface area contributed by atoms with Gasteiger partial charge in [-0.15, -0.1) is 0 Å². The Morgan fingerprint density at radius 1 is 1.47 bits per heavy atom. The molecule has 0 aromatic heterocycles. The van der Waals surface area contributed by atoms with E-state index in [1.807, 2.05) is 12.1 Å². The van der Waals surface area contributed by atoms with Crippen molar-refractivity contribution >= 4 is 5.91 Å². The summed E-state index contributed by atoms with van der Waals surface area (Å²) >= 11 is 0. The number of aryl methyl sites for hydroxylation is 1. The van der Waals surface area contributed by atoms with Crippen molar-refractivity contribution in [2.75, 3.05) is 6.54 Å². The molecule has 80 valence electrons. The number of carbonyl (C=O) groups is 1. The molecule has 2 N–H and O–H groups in total. The molecule has 1 aliphatic heterocycles. The van der Waals surface area contributed by atoms with Crippen LogP contribution in [0.2, 0.25) is 0 Å². The summed E-state index contributed by atoms with van der Waals surface area (Å²) in [6, 6.07) is 5.63. The number of carbonyl (C=O) groups excluding carboxylic acids is 1. The molecule has 1 atom stereocenters. The fourth-order valence-corrected chi connectivity index (χ4v) is 1.86. The van der Waals surface area contributed by atoms with Gasteiger partial charge in [-0.25, -0.2) is 0 Å². The number of aliphatic hydroxyl groups is 1. The molecule has 0 saturated carbocycles. The van der Waals surface area contributed by atoms with Crippen LogP contribution in [0.3, 0.4) is 0 Å². The number of amides is 1. The minimum absolute atomic E-state index is 0.0231. The van der Waals surface area contributed by atoms with Crippen LogP contribution < -0.4 is 5.32 Å². The molecule has 0 radical (unpaired) electrons. The number of aliphatic hydroxyl groups excluding tert-OH is 1. The highest BCUT2D eigenvalue weighted by Gasteiger charge is 2.16. The zero-order chi connectivity index (χ0) is 10.8. The Bertz CT molecular complexity index is 385. The Balaban J connectivity index is 2.44. The predicted molar refractivity (Wildman–Crippen MR) is 57.7 cm³/mol. The minimum atomic E-state index is -0.522. The molecule has 1 aromatic carbocycles. The second kappa shape index (κ2) is 4.03. The largest absolute Gasteiger partial charge is 0.389 e. The molecule has 0 saturated heterocycles. The van der Waals surface area contributed by atoms with Crippen LogP contribution in [-0.2, 0) is 6.42 Å². The molecule has 1 heterocycles. The Labute approximate surface area is 89.1 Å². The number of hydrogen-bond donors (Lipinski definition) is 2. The van der Waals surface area contributed by atoms with E-state index in [4.69, 9.17) is 0 Å². The van der Waals surface area contributed by atoms with E-state index < -0.39 is 6.10 Å². The Morgan fingerprint density at radius 3 is 3.00 bits per heavy atom. The van der Waals surface area contributed by atoms with Gasteiger partial charge in [0.2, 0.25) is 0 Å². The summed E-state index contributed by atoms with van der Waals surface area (Å²) in [6.45, 7) is 2.44. The van der Waals surface area contributed by atoms with Crippen LogP contribution in [0.4, 0.5) is 0 Å². The van der Waals surface area contributed by atoms with Gasteiger partial charge >= 0.3 is 0 Å². The van der Waals surface area contributed by atoms with E-state index in [9.17, 15) is 9.90 Å². The van der Waals surface area contributed by atoms with Crippen molar-refractivity contribution in [1.29, 1.82) is 0 Å². The van der Waals surface area contributed by atoms with E-state index in [1.165, 1.54) is 0 Å². The molecular weight excluding hydrogens is 190 g/mol. The number of benzene rings is 1. The van der Waals surface area contributed by atoms with Gasteiger partial charge in [-0.05, 0) is 37.0 Å². The normalized spacial score (nSPS) is 17.6. The molecular formula is C12H15NO2. The molecule has 3 heteroatoms. The highest BCUT2D eigenvalue weighted by Crippen LogP contribution is 2.20. The van der Waals surface area contributed by atoms with Crippen LogP contribution >= 0.6 is 0 Å². The van der Waals surface area contributed by atoms with Gasteiger partial charge in [-0.2, -0.15) is 0 Å². The second-order valence-corrected chi connectivity index (χ2v) is 3.95. The maximum absolute atomic E-state index is 11.7. The van der Waals surface area contributed by atoms with Crippen LogP contribution in [0.5, 0.6) is 0 Å². The molecule has 1 amide bonds. The van der Waals surface area contributed by atoms with Crippen molar-refractivity contribution in [3.05, 3.63) is 34.9 Å². The number of hydrogen-bond acceptors (Lipinski definition) is 2. The molecule has 0 spiro atoms. The minimum Gasteiger partial charge on any atom is -0.389 e. The molecule has 3 nitrogen and oxygen atoms in total. The van der Waals surface area contributed by atoms with Crippen molar-refractivity contribution in [2.24, 2.45) is 0 Å². The van der Waals surface area contributed by atoms with E-state index in [-0.39, 0.29) is 5.91 Å². The molecule has 0 fully saturated rings. The van der Waals surface area contributed by atoms with Gasteiger partial charge in [0, 0.05) is 12.1 Å². The lowest BCUT2D eigenvalue weighted by Gasteiger charge is -2.09. The lowest BCUT2D eigenvalue weighted by atomic mass is 9.99. The van der Waals surface area contributed by atoms with Gasteiger partial charge < -0.3 is 10.4 Å². The average Bonchev–Trinajstić information content (AvgIpc) is 2.40. The third-order valence-corrected chi connectivity index (χ3v) is 2.77. The molecule has 1 aromatic rings. The molecule has 2 rings (SSSR count). The Kier molecular flexibility index (Phi) is 2.73. The quantitative estimate of drug-likeness (QED) is 0.728. The molecule has 0 bridgehead atoms. The molecule has 15 heavy (non-hydrogen) atoms. The first-order valence-corrected chi connectivity index (χ1v) is 5.27. The fraction of sp³-hybridized carbons (Fsp3) is 0.417. The maximum atomic E-state index is 11.7. The van der Waals surface area contributed by atoms with Crippen molar-refractivity contribution in [1.82, 2.24) is 5.32 Å². The summed E-state index contributed by atoms with van der Waals surface area (Å²) in [7, 11) is 0. The highest BCUT2D eigenvalue weighted by molar-refractivity contribution is 5.96. The number of rotatable bonds is 1. The average molecular weight is 205 g/mol. The SMILES string of the molecule is C[C@@H](O)c1ccc2c(c1)C(=O)NCCC2. The smallest absolute Gasteiger partial charge is 0.251 e. The van der Waals surface area contributed by atoms with Gasteiger partial charge in [-0.3, -0.25) is 4.79 Å². The van der Waals surface area contributed by atoms with Gasteiger partial charge in [0.25, 0.3) is 5.91 Å². The summed E-state index contributed by atoms with van der Waals surface area (Å²) < 4.78 is 0. The van der Waals surface area contributed by atoms with E-state index in [0.717, 1.165) is 30.5 Å². The van der Waals surface area contributed by atoms with Crippen molar-refractivity contribution in [3.8, 4) is 0 Å². The van der Waals surface area contributed by atoms with Crippen LogP contribution in [0.15, 0.2) is 18.2 Å². The predicted octanol–water partition coefficient (Wildman–Crippen LogP) is 1.42. The van der Waals surface area contributed by atoms with E-state index in [1.54, 1.807) is 13.0 Å². The van der Waals surface area contributed by atoms with Crippen molar-refractivity contribution in [2.45, 2.75) is 25.9 Å². The van der Waals surface area contributed by atoms with Gasteiger partial charge in [0.15, 0.2) is 0 Å². The summed E-state index contributed by atoms with van der Waals surface area (Å²) in [5.41, 5.74) is 2.59. The number of nitrogens with one attached hydrogen (secondary N) is 1. The first kappa shape index (κ1) is 10.2. The number of fused-ring (bicyclic) bond motifs is 1. The van der Waals surface area contributed by atoms with E-state index in [0.29, 0.717) is 5.56 Å². The van der Waals surface area contributed by atoms with Crippen LogP contribution in [-0.4, -0.2) is 17.6 Å². The zero-order valence-corrected chi connectivity index (χ0v) is 8.79. The van der Waals surface area contributed by atoms with Crippen molar-refractivity contribution in [3.63, 3.8) is 0 Å². The lowest BCUT2D eigenvalue weighted by molar-refractivity contribution is 0.0956. The van der Waals surface area contributed by atoms with Gasteiger partial charge in [0.1, 0.15) is 0 Å². The maximum Gasteiger partial charge on any atom is 0.251 e. The third kappa shape index (κ3) is 2.02. The molecule has 0 unspecified atom stereocenters. The highest BCUT2D eigenvalue weighted by atomic mass is 16.3. The van der Waals surface area contributed by atoms with Gasteiger partial charge in [-0.1, -0.05) is 12.1 Å². The first-order chi connectivity index (χ1) is 7.18. The fourth-order valence-electron chi connectivity index (χ4n) is 1.86. The summed E-state index contributed by atoms with van der Waals surface area (Å²) in [6.07, 6.45) is 1.38. The summed E-state index contributed by atoms with van der Waals surface area (Å²) in [5.74, 6) is -0.0231. The molecule has 0 aliphatic carbocycles. The Morgan fingerprint density at radius 2 is 2.27 bits per heavy atom. The van der Waals surface area contributed by atoms with Crippen LogP contribution in [0, 0.1) is 0 Å².